The Morgan fingerprint density at radius 2 is 1.81 bits per heavy atom. The van der Waals surface area contributed by atoms with Gasteiger partial charge < -0.3 is 14.2 Å². The molecule has 0 aromatic heterocycles. The monoisotopic (exact) mass is 436 g/mol. The molecule has 31 heavy (non-hydrogen) atoms. The second-order valence-electron chi connectivity index (χ2n) is 6.80. The van der Waals surface area contributed by atoms with Gasteiger partial charge in [-0.05, 0) is 60.2 Å². The fourth-order valence-corrected chi connectivity index (χ4v) is 3.22. The maximum absolute atomic E-state index is 13.8. The Bertz CT molecular complexity index is 1180. The van der Waals surface area contributed by atoms with Crippen molar-refractivity contribution in [2.24, 2.45) is 0 Å². The Hall–Kier alpha value is -3.57. The number of rotatable bonds is 6. The maximum Gasteiger partial charge on any atom is 0.343 e. The van der Waals surface area contributed by atoms with Crippen molar-refractivity contribution in [2.75, 3.05) is 7.11 Å². The van der Waals surface area contributed by atoms with Crippen LogP contribution in [0.25, 0.3) is 11.8 Å². The van der Waals surface area contributed by atoms with Crippen molar-refractivity contribution >= 4 is 29.4 Å². The third kappa shape index (κ3) is 4.78. The van der Waals surface area contributed by atoms with Gasteiger partial charge in [0.15, 0.2) is 11.5 Å². The van der Waals surface area contributed by atoms with Gasteiger partial charge in [0.05, 0.1) is 12.7 Å². The average molecular weight is 437 g/mol. The number of carbonyl (C=O) groups is 1. The lowest BCUT2D eigenvalue weighted by Crippen LogP contribution is -2.00. The van der Waals surface area contributed by atoms with Crippen LogP contribution in [-0.2, 0) is 16.1 Å². The van der Waals surface area contributed by atoms with E-state index in [-0.39, 0.29) is 12.4 Å². The molecular weight excluding hydrogens is 419 g/mol. The zero-order chi connectivity index (χ0) is 21.8. The van der Waals surface area contributed by atoms with Crippen LogP contribution in [0.4, 0.5) is 4.39 Å². The highest BCUT2D eigenvalue weighted by Crippen LogP contribution is 2.32. The van der Waals surface area contributed by atoms with Crippen molar-refractivity contribution < 1.29 is 23.4 Å². The molecule has 0 bridgehead atoms. The predicted octanol–water partition coefficient (Wildman–Crippen LogP) is 6.05. The van der Waals surface area contributed by atoms with Gasteiger partial charge in [-0.25, -0.2) is 9.18 Å². The summed E-state index contributed by atoms with van der Waals surface area (Å²) in [6, 6.07) is 18.7. The first-order chi connectivity index (χ1) is 15.0. The number of methoxy groups -OCH3 is 1. The molecular formula is C25H18ClFO4. The van der Waals surface area contributed by atoms with E-state index in [1.807, 2.05) is 0 Å². The van der Waals surface area contributed by atoms with E-state index in [0.29, 0.717) is 33.4 Å². The lowest BCUT2D eigenvalue weighted by molar-refractivity contribution is -0.130. The minimum absolute atomic E-state index is 0.0724. The first-order valence-electron chi connectivity index (χ1n) is 9.49. The van der Waals surface area contributed by atoms with Crippen LogP contribution in [0.15, 0.2) is 78.4 Å². The van der Waals surface area contributed by atoms with Gasteiger partial charge in [0, 0.05) is 16.1 Å². The molecule has 156 valence electrons. The second kappa shape index (κ2) is 9.06. The summed E-state index contributed by atoms with van der Waals surface area (Å²) in [4.78, 5) is 12.3. The zero-order valence-electron chi connectivity index (χ0n) is 16.6. The number of hydrogen-bond donors (Lipinski definition) is 0. The quantitative estimate of drug-likeness (QED) is 0.348. The average Bonchev–Trinajstić information content (AvgIpc) is 3.14. The lowest BCUT2D eigenvalue weighted by atomic mass is 10.1. The Morgan fingerprint density at radius 3 is 2.55 bits per heavy atom. The molecule has 0 saturated heterocycles. The number of halogens is 2. The fourth-order valence-electron chi connectivity index (χ4n) is 3.09. The van der Waals surface area contributed by atoms with E-state index < -0.39 is 5.97 Å². The predicted molar refractivity (Wildman–Crippen MR) is 117 cm³/mol. The highest BCUT2D eigenvalue weighted by molar-refractivity contribution is 6.30. The van der Waals surface area contributed by atoms with Gasteiger partial charge in [0.2, 0.25) is 0 Å². The van der Waals surface area contributed by atoms with Crippen molar-refractivity contribution in [3.8, 4) is 11.5 Å². The second-order valence-corrected chi connectivity index (χ2v) is 7.23. The molecule has 3 aromatic carbocycles. The Kier molecular flexibility index (Phi) is 6.05. The molecule has 6 heteroatoms. The normalized spacial score (nSPS) is 14.4. The number of benzene rings is 3. The van der Waals surface area contributed by atoms with E-state index in [9.17, 15) is 9.18 Å². The van der Waals surface area contributed by atoms with E-state index in [1.165, 1.54) is 13.2 Å². The first kappa shape index (κ1) is 20.7. The third-order valence-corrected chi connectivity index (χ3v) is 4.96. The summed E-state index contributed by atoms with van der Waals surface area (Å²) in [7, 11) is 1.52. The van der Waals surface area contributed by atoms with Crippen LogP contribution in [0, 0.1) is 5.82 Å². The summed E-state index contributed by atoms with van der Waals surface area (Å²) in [5.74, 6) is 0.637. The number of hydrogen-bond acceptors (Lipinski definition) is 4. The highest BCUT2D eigenvalue weighted by Gasteiger charge is 2.22. The third-order valence-electron chi connectivity index (χ3n) is 4.70. The summed E-state index contributed by atoms with van der Waals surface area (Å²) in [5.41, 5.74) is 2.35. The number of esters is 1. The summed E-state index contributed by atoms with van der Waals surface area (Å²) in [5, 5.41) is 0.605. The molecule has 4 nitrogen and oxygen atoms in total. The molecule has 0 N–H and O–H groups in total. The number of ether oxygens (including phenoxy) is 3. The Labute approximate surface area is 184 Å². The van der Waals surface area contributed by atoms with Crippen molar-refractivity contribution in [3.63, 3.8) is 0 Å². The van der Waals surface area contributed by atoms with Crippen molar-refractivity contribution in [2.45, 2.75) is 6.61 Å². The number of cyclic esters (lactones) is 1. The van der Waals surface area contributed by atoms with Crippen molar-refractivity contribution in [1.82, 2.24) is 0 Å². The Balaban J connectivity index is 1.54. The molecule has 1 aliphatic heterocycles. The highest BCUT2D eigenvalue weighted by atomic mass is 35.5. The van der Waals surface area contributed by atoms with Crippen LogP contribution in [0.1, 0.15) is 16.7 Å². The largest absolute Gasteiger partial charge is 0.493 e. The van der Waals surface area contributed by atoms with Crippen molar-refractivity contribution in [1.29, 1.82) is 0 Å². The molecule has 1 heterocycles. The van der Waals surface area contributed by atoms with E-state index in [0.717, 1.165) is 11.1 Å². The van der Waals surface area contributed by atoms with Crippen LogP contribution in [0.2, 0.25) is 5.02 Å². The standard InChI is InChI=1S/C25H18ClFO4/c1-29-24-13-16(6-11-22(24)30-15-18-4-2-3-5-21(18)27)12-19-14-23(31-25(19)28)17-7-9-20(26)10-8-17/h2-14H,15H2,1H3/b19-12-. The molecule has 0 radical (unpaired) electrons. The molecule has 0 saturated carbocycles. The number of carbonyl (C=O) groups excluding carboxylic acids is 1. The summed E-state index contributed by atoms with van der Waals surface area (Å²) < 4.78 is 30.3. The van der Waals surface area contributed by atoms with Crippen molar-refractivity contribution in [3.05, 3.63) is 106 Å². The van der Waals surface area contributed by atoms with Crippen LogP contribution in [0.3, 0.4) is 0 Å². The molecule has 0 fully saturated rings. The molecule has 4 rings (SSSR count). The minimum Gasteiger partial charge on any atom is -0.493 e. The molecule has 0 amide bonds. The lowest BCUT2D eigenvalue weighted by Gasteiger charge is -2.12. The minimum atomic E-state index is -0.441. The molecule has 1 aliphatic rings. The van der Waals surface area contributed by atoms with Gasteiger partial charge in [0.1, 0.15) is 18.2 Å². The molecule has 0 spiro atoms. The van der Waals surface area contributed by atoms with E-state index in [1.54, 1.807) is 72.8 Å². The van der Waals surface area contributed by atoms with E-state index >= 15 is 0 Å². The van der Waals surface area contributed by atoms with Gasteiger partial charge in [-0.15, -0.1) is 0 Å². The molecule has 0 aliphatic carbocycles. The molecule has 0 unspecified atom stereocenters. The first-order valence-corrected chi connectivity index (χ1v) is 9.87. The summed E-state index contributed by atoms with van der Waals surface area (Å²) >= 11 is 5.91. The maximum atomic E-state index is 13.8. The van der Waals surface area contributed by atoms with E-state index in [4.69, 9.17) is 25.8 Å². The molecule has 0 atom stereocenters. The van der Waals surface area contributed by atoms with E-state index in [2.05, 4.69) is 0 Å². The summed E-state index contributed by atoms with van der Waals surface area (Å²) in [6.07, 6.45) is 3.38. The zero-order valence-corrected chi connectivity index (χ0v) is 17.4. The van der Waals surface area contributed by atoms with Crippen LogP contribution in [-0.4, -0.2) is 13.1 Å². The van der Waals surface area contributed by atoms with Crippen LogP contribution in [0.5, 0.6) is 11.5 Å². The summed E-state index contributed by atoms with van der Waals surface area (Å²) in [6.45, 7) is 0.0724. The van der Waals surface area contributed by atoms with Gasteiger partial charge in [-0.3, -0.25) is 0 Å². The van der Waals surface area contributed by atoms with Gasteiger partial charge in [-0.2, -0.15) is 0 Å². The fraction of sp³-hybridized carbons (Fsp3) is 0.0800. The Morgan fingerprint density at radius 1 is 1.03 bits per heavy atom. The smallest absolute Gasteiger partial charge is 0.343 e. The van der Waals surface area contributed by atoms with Gasteiger partial charge >= 0.3 is 5.97 Å². The van der Waals surface area contributed by atoms with Crippen LogP contribution >= 0.6 is 11.6 Å². The van der Waals surface area contributed by atoms with Gasteiger partial charge in [-0.1, -0.05) is 35.9 Å². The van der Waals surface area contributed by atoms with Crippen LogP contribution < -0.4 is 9.47 Å². The van der Waals surface area contributed by atoms with Gasteiger partial charge in [0.25, 0.3) is 0 Å². The SMILES string of the molecule is COc1cc(/C=C2/C=C(c3ccc(Cl)cc3)OC2=O)ccc1OCc1ccccc1F. The molecule has 3 aromatic rings. The topological polar surface area (TPSA) is 44.8 Å².